The molecule has 20 heavy (non-hydrogen) atoms. The second-order valence-electron chi connectivity index (χ2n) is 7.22. The summed E-state index contributed by atoms with van der Waals surface area (Å²) < 4.78 is 0. The molecule has 3 unspecified atom stereocenters. The van der Waals surface area contributed by atoms with Crippen LogP contribution in [0.5, 0.6) is 0 Å². The van der Waals surface area contributed by atoms with E-state index >= 15 is 0 Å². The first-order valence-corrected chi connectivity index (χ1v) is 8.23. The molecule has 1 aromatic rings. The zero-order chi connectivity index (χ0) is 14.9. The van der Waals surface area contributed by atoms with Gasteiger partial charge in [-0.25, -0.2) is 0 Å². The number of hydrogen-bond donors (Lipinski definition) is 1. The van der Waals surface area contributed by atoms with Crippen LogP contribution in [-0.4, -0.2) is 6.04 Å². The summed E-state index contributed by atoms with van der Waals surface area (Å²) in [5.41, 5.74) is 7.84. The molecule has 0 radical (unpaired) electrons. The van der Waals surface area contributed by atoms with Gasteiger partial charge in [-0.15, -0.1) is 0 Å². The fraction of sp³-hybridized carbons (Fsp3) is 0.647. The standard InChI is InChI=1S/C17H25Cl2N/c1-17(2,3)13-7-8-15(20)12(10-13)9-11-5-4-6-14(18)16(11)19/h4-6,12-13,15H,7-10,20H2,1-3H3. The van der Waals surface area contributed by atoms with Crippen molar-refractivity contribution in [3.63, 3.8) is 0 Å². The topological polar surface area (TPSA) is 26.0 Å². The number of hydrogen-bond acceptors (Lipinski definition) is 1. The van der Waals surface area contributed by atoms with Gasteiger partial charge in [0.1, 0.15) is 0 Å². The molecule has 0 aliphatic heterocycles. The highest BCUT2D eigenvalue weighted by atomic mass is 35.5. The molecule has 0 saturated heterocycles. The first-order chi connectivity index (χ1) is 9.29. The predicted molar refractivity (Wildman–Crippen MR) is 88.4 cm³/mol. The minimum absolute atomic E-state index is 0.281. The third-order valence-corrected chi connectivity index (χ3v) is 5.64. The Labute approximate surface area is 132 Å². The van der Waals surface area contributed by atoms with Crippen LogP contribution in [0.15, 0.2) is 18.2 Å². The SMILES string of the molecule is CC(C)(C)C1CCC(N)C(Cc2cccc(Cl)c2Cl)C1. The van der Waals surface area contributed by atoms with Crippen LogP contribution >= 0.6 is 23.2 Å². The van der Waals surface area contributed by atoms with Gasteiger partial charge in [0.2, 0.25) is 0 Å². The van der Waals surface area contributed by atoms with Gasteiger partial charge >= 0.3 is 0 Å². The minimum atomic E-state index is 0.281. The lowest BCUT2D eigenvalue weighted by Gasteiger charge is -2.41. The third kappa shape index (κ3) is 3.69. The van der Waals surface area contributed by atoms with Gasteiger partial charge in [-0.3, -0.25) is 0 Å². The second kappa shape index (κ2) is 6.25. The molecule has 1 aliphatic carbocycles. The lowest BCUT2D eigenvalue weighted by atomic mass is 9.66. The Hall–Kier alpha value is -0.240. The molecular weight excluding hydrogens is 289 g/mol. The fourth-order valence-corrected chi connectivity index (χ4v) is 3.69. The van der Waals surface area contributed by atoms with Crippen molar-refractivity contribution in [2.75, 3.05) is 0 Å². The molecule has 112 valence electrons. The van der Waals surface area contributed by atoms with Crippen LogP contribution in [0.3, 0.4) is 0 Å². The van der Waals surface area contributed by atoms with Crippen LogP contribution in [0.4, 0.5) is 0 Å². The van der Waals surface area contributed by atoms with Gasteiger partial charge in [0, 0.05) is 6.04 Å². The minimum Gasteiger partial charge on any atom is -0.327 e. The number of rotatable bonds is 2. The molecule has 2 rings (SSSR count). The average Bonchev–Trinajstić information content (AvgIpc) is 2.36. The Bertz CT molecular complexity index is 465. The van der Waals surface area contributed by atoms with Crippen molar-refractivity contribution in [1.82, 2.24) is 0 Å². The van der Waals surface area contributed by atoms with Crippen molar-refractivity contribution >= 4 is 23.2 Å². The van der Waals surface area contributed by atoms with Gasteiger partial charge in [0.15, 0.2) is 0 Å². The molecule has 1 aliphatic rings. The molecule has 0 heterocycles. The van der Waals surface area contributed by atoms with E-state index in [2.05, 4.69) is 26.8 Å². The molecule has 0 bridgehead atoms. The second-order valence-corrected chi connectivity index (χ2v) is 8.00. The van der Waals surface area contributed by atoms with Gasteiger partial charge < -0.3 is 5.73 Å². The van der Waals surface area contributed by atoms with Gasteiger partial charge in [0.05, 0.1) is 10.0 Å². The normalized spacial score (nSPS) is 27.6. The largest absolute Gasteiger partial charge is 0.327 e. The molecule has 2 N–H and O–H groups in total. The summed E-state index contributed by atoms with van der Waals surface area (Å²) in [7, 11) is 0. The molecule has 3 heteroatoms. The van der Waals surface area contributed by atoms with E-state index in [1.165, 1.54) is 12.8 Å². The monoisotopic (exact) mass is 313 g/mol. The molecular formula is C17H25Cl2N. The smallest absolute Gasteiger partial charge is 0.0624 e. The van der Waals surface area contributed by atoms with Crippen LogP contribution in [0, 0.1) is 17.3 Å². The van der Waals surface area contributed by atoms with Gasteiger partial charge in [-0.05, 0) is 54.6 Å². The maximum Gasteiger partial charge on any atom is 0.0624 e. The van der Waals surface area contributed by atoms with Crippen LogP contribution in [0.25, 0.3) is 0 Å². The quantitative estimate of drug-likeness (QED) is 0.785. The Morgan fingerprint density at radius 2 is 1.90 bits per heavy atom. The molecule has 1 saturated carbocycles. The van der Waals surface area contributed by atoms with Gasteiger partial charge in [-0.2, -0.15) is 0 Å². The van der Waals surface area contributed by atoms with E-state index in [4.69, 9.17) is 28.9 Å². The maximum absolute atomic E-state index is 6.34. The Kier molecular flexibility index (Phi) is 5.05. The van der Waals surface area contributed by atoms with E-state index in [0.29, 0.717) is 21.4 Å². The molecule has 0 spiro atoms. The van der Waals surface area contributed by atoms with E-state index in [0.717, 1.165) is 24.3 Å². The van der Waals surface area contributed by atoms with Crippen molar-refractivity contribution < 1.29 is 0 Å². The number of benzene rings is 1. The van der Waals surface area contributed by atoms with E-state index in [1.807, 2.05) is 12.1 Å². The molecule has 1 fully saturated rings. The van der Waals surface area contributed by atoms with Crippen molar-refractivity contribution in [2.24, 2.45) is 23.0 Å². The fourth-order valence-electron chi connectivity index (χ4n) is 3.30. The predicted octanol–water partition coefficient (Wildman–Crippen LogP) is 5.33. The first kappa shape index (κ1) is 16.1. The summed E-state index contributed by atoms with van der Waals surface area (Å²) in [6.07, 6.45) is 4.48. The zero-order valence-corrected chi connectivity index (χ0v) is 14.1. The summed E-state index contributed by atoms with van der Waals surface area (Å²) in [5, 5.41) is 1.33. The van der Waals surface area contributed by atoms with Crippen LogP contribution in [0.2, 0.25) is 10.0 Å². The summed E-state index contributed by atoms with van der Waals surface area (Å²) in [6, 6.07) is 6.16. The van der Waals surface area contributed by atoms with Crippen molar-refractivity contribution in [3.05, 3.63) is 33.8 Å². The highest BCUT2D eigenvalue weighted by Crippen LogP contribution is 2.41. The molecule has 3 atom stereocenters. The molecule has 1 aromatic carbocycles. The summed E-state index contributed by atoms with van der Waals surface area (Å²) in [5.74, 6) is 1.24. The highest BCUT2D eigenvalue weighted by Gasteiger charge is 2.34. The van der Waals surface area contributed by atoms with Crippen LogP contribution in [-0.2, 0) is 6.42 Å². The third-order valence-electron chi connectivity index (χ3n) is 4.78. The lowest BCUT2D eigenvalue weighted by Crippen LogP contribution is -2.40. The van der Waals surface area contributed by atoms with Crippen molar-refractivity contribution in [1.29, 1.82) is 0 Å². The van der Waals surface area contributed by atoms with Crippen molar-refractivity contribution in [2.45, 2.75) is 52.5 Å². The Morgan fingerprint density at radius 1 is 1.20 bits per heavy atom. The van der Waals surface area contributed by atoms with Crippen molar-refractivity contribution in [3.8, 4) is 0 Å². The maximum atomic E-state index is 6.34. The summed E-state index contributed by atoms with van der Waals surface area (Å²) in [6.45, 7) is 6.99. The van der Waals surface area contributed by atoms with Crippen LogP contribution in [0.1, 0.15) is 45.6 Å². The van der Waals surface area contributed by atoms with Gasteiger partial charge in [0.25, 0.3) is 0 Å². The Balaban J connectivity index is 2.12. The summed E-state index contributed by atoms with van der Waals surface area (Å²) in [4.78, 5) is 0. The molecule has 0 aromatic heterocycles. The van der Waals surface area contributed by atoms with Gasteiger partial charge in [-0.1, -0.05) is 56.1 Å². The number of halogens is 2. The van der Waals surface area contributed by atoms with E-state index in [9.17, 15) is 0 Å². The van der Waals surface area contributed by atoms with E-state index in [1.54, 1.807) is 0 Å². The van der Waals surface area contributed by atoms with E-state index < -0.39 is 0 Å². The average molecular weight is 314 g/mol. The molecule has 0 amide bonds. The summed E-state index contributed by atoms with van der Waals surface area (Å²) >= 11 is 12.4. The highest BCUT2D eigenvalue weighted by molar-refractivity contribution is 6.42. The Morgan fingerprint density at radius 3 is 2.55 bits per heavy atom. The first-order valence-electron chi connectivity index (χ1n) is 7.47. The van der Waals surface area contributed by atoms with Crippen LogP contribution < -0.4 is 5.73 Å². The number of nitrogens with two attached hydrogens (primary N) is 1. The molecule has 1 nitrogen and oxygen atoms in total. The lowest BCUT2D eigenvalue weighted by molar-refractivity contribution is 0.127. The van der Waals surface area contributed by atoms with E-state index in [-0.39, 0.29) is 6.04 Å². The zero-order valence-electron chi connectivity index (χ0n) is 12.6.